The first-order valence-electron chi connectivity index (χ1n) is 6.89. The molecule has 1 atom stereocenters. The summed E-state index contributed by atoms with van der Waals surface area (Å²) in [7, 11) is 0. The fourth-order valence-corrected chi connectivity index (χ4v) is 2.80. The molecule has 8 heteroatoms. The minimum absolute atomic E-state index is 0. The number of nitro benzene ring substituents is 1. The van der Waals surface area contributed by atoms with Gasteiger partial charge < -0.3 is 10.6 Å². The predicted octanol–water partition coefficient (Wildman–Crippen LogP) is 2.87. The van der Waals surface area contributed by atoms with Crippen molar-refractivity contribution in [3.63, 3.8) is 0 Å². The molecular weight excluding hydrogens is 329 g/mol. The van der Waals surface area contributed by atoms with Gasteiger partial charge in [-0.1, -0.05) is 11.6 Å². The Hall–Kier alpha value is -1.37. The molecule has 2 rings (SSSR count). The van der Waals surface area contributed by atoms with E-state index < -0.39 is 4.92 Å². The molecule has 0 radical (unpaired) electrons. The third-order valence-electron chi connectivity index (χ3n) is 3.96. The van der Waals surface area contributed by atoms with Crippen LogP contribution in [0.2, 0.25) is 5.02 Å². The van der Waals surface area contributed by atoms with Crippen LogP contribution in [0.15, 0.2) is 18.2 Å². The molecule has 0 saturated carbocycles. The SMILES string of the molecule is CC(N)C1CCN(C(=O)c2ccc(Cl)cc2[N+](=O)[O-])CC1.Cl. The van der Waals surface area contributed by atoms with Gasteiger partial charge in [0, 0.05) is 30.2 Å². The summed E-state index contributed by atoms with van der Waals surface area (Å²) in [6.45, 7) is 3.11. The van der Waals surface area contributed by atoms with Crippen molar-refractivity contribution >= 4 is 35.6 Å². The highest BCUT2D eigenvalue weighted by molar-refractivity contribution is 6.31. The number of piperidine rings is 1. The molecule has 6 nitrogen and oxygen atoms in total. The number of likely N-dealkylation sites (tertiary alicyclic amines) is 1. The molecule has 1 aliphatic heterocycles. The second-order valence-corrected chi connectivity index (χ2v) is 5.84. The maximum Gasteiger partial charge on any atom is 0.283 e. The van der Waals surface area contributed by atoms with E-state index >= 15 is 0 Å². The standard InChI is InChI=1S/C14H18ClN3O3.ClH/c1-9(16)10-4-6-17(7-5-10)14(19)12-3-2-11(15)8-13(12)18(20)21;/h2-3,8-10H,4-7,16H2,1H3;1H. The molecule has 122 valence electrons. The minimum atomic E-state index is -0.576. The molecule has 22 heavy (non-hydrogen) atoms. The lowest BCUT2D eigenvalue weighted by atomic mass is 9.90. The number of hydrogen-bond acceptors (Lipinski definition) is 4. The highest BCUT2D eigenvalue weighted by Gasteiger charge is 2.29. The van der Waals surface area contributed by atoms with Crippen molar-refractivity contribution in [2.75, 3.05) is 13.1 Å². The van der Waals surface area contributed by atoms with Crippen LogP contribution < -0.4 is 5.73 Å². The number of hydrogen-bond donors (Lipinski definition) is 1. The number of benzene rings is 1. The van der Waals surface area contributed by atoms with Crippen LogP contribution in [0.25, 0.3) is 0 Å². The van der Waals surface area contributed by atoms with Crippen LogP contribution in [0.3, 0.4) is 0 Å². The second-order valence-electron chi connectivity index (χ2n) is 5.41. The first kappa shape index (κ1) is 18.7. The van der Waals surface area contributed by atoms with Crippen molar-refractivity contribution in [3.8, 4) is 0 Å². The van der Waals surface area contributed by atoms with E-state index in [0.29, 0.717) is 19.0 Å². The fourth-order valence-electron chi connectivity index (χ4n) is 2.64. The first-order chi connectivity index (χ1) is 9.90. The van der Waals surface area contributed by atoms with E-state index in [1.165, 1.54) is 18.2 Å². The molecule has 1 amide bonds. The molecule has 1 aromatic rings. The maximum absolute atomic E-state index is 12.5. The molecule has 1 fully saturated rings. The summed E-state index contributed by atoms with van der Waals surface area (Å²) < 4.78 is 0. The average Bonchev–Trinajstić information content (AvgIpc) is 2.46. The fraction of sp³-hybridized carbons (Fsp3) is 0.500. The van der Waals surface area contributed by atoms with Gasteiger partial charge >= 0.3 is 0 Å². The topological polar surface area (TPSA) is 89.5 Å². The molecule has 0 aliphatic carbocycles. The summed E-state index contributed by atoms with van der Waals surface area (Å²) in [6, 6.07) is 4.23. The van der Waals surface area contributed by atoms with Gasteiger partial charge in [0.2, 0.25) is 0 Å². The predicted molar refractivity (Wildman–Crippen MR) is 87.6 cm³/mol. The van der Waals surface area contributed by atoms with Crippen molar-refractivity contribution in [2.45, 2.75) is 25.8 Å². The van der Waals surface area contributed by atoms with Gasteiger partial charge in [0.1, 0.15) is 5.56 Å². The van der Waals surface area contributed by atoms with Crippen molar-refractivity contribution in [3.05, 3.63) is 38.9 Å². The van der Waals surface area contributed by atoms with Gasteiger partial charge in [-0.25, -0.2) is 0 Å². The Bertz CT molecular complexity index is 558. The molecule has 1 unspecified atom stereocenters. The third-order valence-corrected chi connectivity index (χ3v) is 4.19. The van der Waals surface area contributed by atoms with Crippen LogP contribution in [0.1, 0.15) is 30.1 Å². The van der Waals surface area contributed by atoms with Crippen LogP contribution in [0, 0.1) is 16.0 Å². The summed E-state index contributed by atoms with van der Waals surface area (Å²) in [6.07, 6.45) is 1.65. The number of nitrogens with zero attached hydrogens (tertiary/aromatic N) is 2. The van der Waals surface area contributed by atoms with Crippen LogP contribution in [-0.2, 0) is 0 Å². The number of amides is 1. The van der Waals surface area contributed by atoms with Gasteiger partial charge in [0.25, 0.3) is 11.6 Å². The molecule has 2 N–H and O–H groups in total. The first-order valence-corrected chi connectivity index (χ1v) is 7.26. The second kappa shape index (κ2) is 7.76. The normalized spacial score (nSPS) is 16.8. The van der Waals surface area contributed by atoms with E-state index in [1.807, 2.05) is 6.92 Å². The Labute approximate surface area is 140 Å². The largest absolute Gasteiger partial charge is 0.338 e. The molecule has 1 aromatic carbocycles. The van der Waals surface area contributed by atoms with E-state index in [0.717, 1.165) is 12.8 Å². The van der Waals surface area contributed by atoms with Gasteiger partial charge in [-0.05, 0) is 37.8 Å². The number of carbonyl (C=O) groups is 1. The van der Waals surface area contributed by atoms with E-state index in [1.54, 1.807) is 4.90 Å². The van der Waals surface area contributed by atoms with E-state index in [9.17, 15) is 14.9 Å². The molecule has 0 bridgehead atoms. The summed E-state index contributed by atoms with van der Waals surface area (Å²) in [4.78, 5) is 24.6. The van der Waals surface area contributed by atoms with E-state index in [4.69, 9.17) is 17.3 Å². The number of carbonyl (C=O) groups excluding carboxylic acids is 1. The van der Waals surface area contributed by atoms with Crippen molar-refractivity contribution < 1.29 is 9.72 Å². The third kappa shape index (κ3) is 4.09. The zero-order chi connectivity index (χ0) is 15.6. The lowest BCUT2D eigenvalue weighted by molar-refractivity contribution is -0.385. The van der Waals surface area contributed by atoms with Gasteiger partial charge in [-0.2, -0.15) is 0 Å². The van der Waals surface area contributed by atoms with Crippen LogP contribution in [-0.4, -0.2) is 34.9 Å². The Balaban J connectivity index is 0.00000242. The number of nitrogens with two attached hydrogens (primary N) is 1. The minimum Gasteiger partial charge on any atom is -0.338 e. The molecule has 1 aliphatic rings. The van der Waals surface area contributed by atoms with Gasteiger partial charge in [-0.3, -0.25) is 14.9 Å². The Morgan fingerprint density at radius 2 is 2.05 bits per heavy atom. The molecule has 0 spiro atoms. The molecule has 0 aromatic heterocycles. The molecule has 1 saturated heterocycles. The summed E-state index contributed by atoms with van der Waals surface area (Å²) in [5, 5.41) is 11.3. The summed E-state index contributed by atoms with van der Waals surface area (Å²) >= 11 is 5.76. The van der Waals surface area contributed by atoms with Gasteiger partial charge in [0.15, 0.2) is 0 Å². The van der Waals surface area contributed by atoms with Crippen LogP contribution in [0.5, 0.6) is 0 Å². The Kier molecular flexibility index (Phi) is 6.59. The lowest BCUT2D eigenvalue weighted by Crippen LogP contribution is -2.42. The van der Waals surface area contributed by atoms with Crippen LogP contribution >= 0.6 is 24.0 Å². The molecular formula is C14H19Cl2N3O3. The lowest BCUT2D eigenvalue weighted by Gasteiger charge is -2.33. The van der Waals surface area contributed by atoms with Crippen molar-refractivity contribution in [2.24, 2.45) is 11.7 Å². The maximum atomic E-state index is 12.5. The zero-order valence-electron chi connectivity index (χ0n) is 12.2. The van der Waals surface area contributed by atoms with Crippen molar-refractivity contribution in [1.82, 2.24) is 4.90 Å². The Morgan fingerprint density at radius 3 is 2.55 bits per heavy atom. The number of rotatable bonds is 3. The average molecular weight is 348 g/mol. The van der Waals surface area contributed by atoms with Gasteiger partial charge in [0.05, 0.1) is 4.92 Å². The number of nitro groups is 1. The van der Waals surface area contributed by atoms with Crippen molar-refractivity contribution in [1.29, 1.82) is 0 Å². The molecule has 1 heterocycles. The smallest absolute Gasteiger partial charge is 0.283 e. The number of halogens is 2. The highest BCUT2D eigenvalue weighted by Crippen LogP contribution is 2.27. The van der Waals surface area contributed by atoms with E-state index in [2.05, 4.69) is 0 Å². The van der Waals surface area contributed by atoms with Gasteiger partial charge in [-0.15, -0.1) is 12.4 Å². The highest BCUT2D eigenvalue weighted by atomic mass is 35.5. The van der Waals surface area contributed by atoms with Crippen LogP contribution in [0.4, 0.5) is 5.69 Å². The van der Waals surface area contributed by atoms with E-state index in [-0.39, 0.29) is 40.6 Å². The Morgan fingerprint density at radius 1 is 1.45 bits per heavy atom. The quantitative estimate of drug-likeness (QED) is 0.672. The summed E-state index contributed by atoms with van der Waals surface area (Å²) in [5.74, 6) is 0.0794. The zero-order valence-corrected chi connectivity index (χ0v) is 13.8. The summed E-state index contributed by atoms with van der Waals surface area (Å²) in [5.41, 5.74) is 5.71. The monoisotopic (exact) mass is 347 g/mol.